The molecule has 0 heterocycles. The lowest BCUT2D eigenvalue weighted by molar-refractivity contribution is 0.0565. The molecular formula is C15H29NO. The van der Waals surface area contributed by atoms with Gasteiger partial charge in [-0.25, -0.2) is 0 Å². The van der Waals surface area contributed by atoms with Crippen molar-refractivity contribution in [1.82, 2.24) is 5.32 Å². The zero-order valence-electron chi connectivity index (χ0n) is 11.6. The first-order valence-electron chi connectivity index (χ1n) is 7.56. The van der Waals surface area contributed by atoms with Gasteiger partial charge in [0.15, 0.2) is 0 Å². The summed E-state index contributed by atoms with van der Waals surface area (Å²) >= 11 is 0. The summed E-state index contributed by atoms with van der Waals surface area (Å²) < 4.78 is 5.51. The van der Waals surface area contributed by atoms with E-state index in [4.69, 9.17) is 4.74 Å². The molecule has 0 bridgehead atoms. The van der Waals surface area contributed by atoms with Gasteiger partial charge in [-0.05, 0) is 50.9 Å². The molecule has 0 aromatic rings. The van der Waals surface area contributed by atoms with Crippen LogP contribution in [0.3, 0.4) is 0 Å². The highest BCUT2D eigenvalue weighted by Crippen LogP contribution is 2.26. The summed E-state index contributed by atoms with van der Waals surface area (Å²) in [6.07, 6.45) is 12.7. The maximum atomic E-state index is 5.51. The van der Waals surface area contributed by atoms with E-state index in [0.717, 1.165) is 12.0 Å². The molecule has 2 aliphatic rings. The Balaban J connectivity index is 1.75. The van der Waals surface area contributed by atoms with Crippen LogP contribution in [0.1, 0.15) is 64.7 Å². The van der Waals surface area contributed by atoms with Gasteiger partial charge in [-0.2, -0.15) is 0 Å². The summed E-state index contributed by atoms with van der Waals surface area (Å²) in [6, 6.07) is 1.49. The predicted octanol–water partition coefficient (Wildman–Crippen LogP) is 3.50. The molecule has 0 amide bonds. The molecule has 0 saturated heterocycles. The lowest BCUT2D eigenvalue weighted by Crippen LogP contribution is -2.42. The van der Waals surface area contributed by atoms with Gasteiger partial charge in [0.1, 0.15) is 0 Å². The van der Waals surface area contributed by atoms with Crippen LogP contribution in [0, 0.1) is 5.92 Å². The van der Waals surface area contributed by atoms with Crippen molar-refractivity contribution < 1.29 is 4.74 Å². The van der Waals surface area contributed by atoms with Crippen LogP contribution in [0.15, 0.2) is 0 Å². The fourth-order valence-corrected chi connectivity index (χ4v) is 3.50. The molecule has 100 valence electrons. The van der Waals surface area contributed by atoms with Gasteiger partial charge in [0.2, 0.25) is 0 Å². The monoisotopic (exact) mass is 239 g/mol. The highest BCUT2D eigenvalue weighted by molar-refractivity contribution is 4.83. The van der Waals surface area contributed by atoms with Crippen LogP contribution >= 0.6 is 0 Å². The third-order valence-corrected chi connectivity index (χ3v) is 4.69. The van der Waals surface area contributed by atoms with E-state index in [1.54, 1.807) is 0 Å². The van der Waals surface area contributed by atoms with Gasteiger partial charge >= 0.3 is 0 Å². The molecule has 1 N–H and O–H groups in total. The fraction of sp³-hybridized carbons (Fsp3) is 1.00. The quantitative estimate of drug-likeness (QED) is 0.761. The molecule has 2 fully saturated rings. The van der Waals surface area contributed by atoms with Crippen molar-refractivity contribution in [3.63, 3.8) is 0 Å². The third-order valence-electron chi connectivity index (χ3n) is 4.69. The second-order valence-electron chi connectivity index (χ2n) is 6.20. The van der Waals surface area contributed by atoms with E-state index in [0.29, 0.717) is 12.1 Å². The van der Waals surface area contributed by atoms with Gasteiger partial charge in [0.25, 0.3) is 0 Å². The highest BCUT2D eigenvalue weighted by atomic mass is 16.5. The van der Waals surface area contributed by atoms with E-state index in [-0.39, 0.29) is 0 Å². The average molecular weight is 239 g/mol. The Morgan fingerprint density at radius 2 is 1.65 bits per heavy atom. The zero-order chi connectivity index (χ0) is 12.1. The van der Waals surface area contributed by atoms with Gasteiger partial charge in [-0.1, -0.05) is 19.8 Å². The Morgan fingerprint density at radius 3 is 2.47 bits per heavy atom. The first-order valence-corrected chi connectivity index (χ1v) is 7.56. The molecule has 2 saturated carbocycles. The van der Waals surface area contributed by atoms with Gasteiger partial charge in [-0.3, -0.25) is 0 Å². The molecule has 0 radical (unpaired) electrons. The van der Waals surface area contributed by atoms with Crippen LogP contribution in [-0.2, 0) is 4.74 Å². The third kappa shape index (κ3) is 4.26. The summed E-state index contributed by atoms with van der Waals surface area (Å²) in [4.78, 5) is 0. The summed E-state index contributed by atoms with van der Waals surface area (Å²) in [5, 5.41) is 3.90. The van der Waals surface area contributed by atoms with E-state index >= 15 is 0 Å². The highest BCUT2D eigenvalue weighted by Gasteiger charge is 2.24. The summed E-state index contributed by atoms with van der Waals surface area (Å²) in [5.74, 6) is 0.944. The Kier molecular flexibility index (Phi) is 5.30. The van der Waals surface area contributed by atoms with Crippen molar-refractivity contribution in [3.8, 4) is 0 Å². The smallest absolute Gasteiger partial charge is 0.0586 e. The molecule has 2 aliphatic carbocycles. The van der Waals surface area contributed by atoms with Crippen LogP contribution < -0.4 is 5.32 Å². The first-order chi connectivity index (χ1) is 8.28. The number of methoxy groups -OCH3 is 1. The fourth-order valence-electron chi connectivity index (χ4n) is 3.50. The van der Waals surface area contributed by atoms with Gasteiger partial charge in [0, 0.05) is 19.2 Å². The molecule has 2 rings (SSSR count). The number of ether oxygens (including phenoxy) is 1. The van der Waals surface area contributed by atoms with E-state index in [1.165, 1.54) is 57.8 Å². The minimum absolute atomic E-state index is 0.506. The number of hydrogen-bond acceptors (Lipinski definition) is 2. The van der Waals surface area contributed by atoms with Gasteiger partial charge in [0.05, 0.1) is 6.10 Å². The summed E-state index contributed by atoms with van der Waals surface area (Å²) in [6.45, 7) is 2.41. The molecule has 2 nitrogen and oxygen atoms in total. The van der Waals surface area contributed by atoms with Crippen molar-refractivity contribution in [2.45, 2.75) is 82.9 Å². The summed E-state index contributed by atoms with van der Waals surface area (Å²) in [7, 11) is 1.86. The SMILES string of the molecule is COC1CCCC(NC2CCCC(C)CC2)C1. The van der Waals surface area contributed by atoms with E-state index < -0.39 is 0 Å². The van der Waals surface area contributed by atoms with Crippen LogP contribution in [0.4, 0.5) is 0 Å². The summed E-state index contributed by atoms with van der Waals surface area (Å²) in [5.41, 5.74) is 0. The minimum Gasteiger partial charge on any atom is -0.381 e. The molecule has 4 unspecified atom stereocenters. The minimum atomic E-state index is 0.506. The first kappa shape index (κ1) is 13.4. The Hall–Kier alpha value is -0.0800. The molecule has 0 aromatic carbocycles. The Morgan fingerprint density at radius 1 is 0.882 bits per heavy atom. The van der Waals surface area contributed by atoms with Crippen LogP contribution in [0.25, 0.3) is 0 Å². The topological polar surface area (TPSA) is 21.3 Å². The standard InChI is InChI=1S/C15H29NO/c1-12-5-3-6-13(10-9-12)16-14-7-4-8-15(11-14)17-2/h12-16H,3-11H2,1-2H3. The number of nitrogens with one attached hydrogen (secondary N) is 1. The molecule has 17 heavy (non-hydrogen) atoms. The number of rotatable bonds is 3. The van der Waals surface area contributed by atoms with Crippen LogP contribution in [-0.4, -0.2) is 25.3 Å². The van der Waals surface area contributed by atoms with Gasteiger partial charge in [-0.15, -0.1) is 0 Å². The molecule has 2 heteroatoms. The van der Waals surface area contributed by atoms with E-state index in [9.17, 15) is 0 Å². The second kappa shape index (κ2) is 6.75. The molecule has 0 spiro atoms. The van der Waals surface area contributed by atoms with E-state index in [2.05, 4.69) is 12.2 Å². The normalized spacial score (nSPS) is 39.9. The van der Waals surface area contributed by atoms with Crippen LogP contribution in [0.5, 0.6) is 0 Å². The van der Waals surface area contributed by atoms with Crippen molar-refractivity contribution in [3.05, 3.63) is 0 Å². The van der Waals surface area contributed by atoms with Crippen molar-refractivity contribution >= 4 is 0 Å². The zero-order valence-corrected chi connectivity index (χ0v) is 11.6. The van der Waals surface area contributed by atoms with Crippen molar-refractivity contribution in [1.29, 1.82) is 0 Å². The van der Waals surface area contributed by atoms with E-state index in [1.807, 2.05) is 7.11 Å². The Bertz CT molecular complexity index is 219. The molecule has 0 aliphatic heterocycles. The molecule has 0 aromatic heterocycles. The molecule has 4 atom stereocenters. The van der Waals surface area contributed by atoms with Crippen molar-refractivity contribution in [2.24, 2.45) is 5.92 Å². The van der Waals surface area contributed by atoms with Crippen LogP contribution in [0.2, 0.25) is 0 Å². The van der Waals surface area contributed by atoms with Crippen molar-refractivity contribution in [2.75, 3.05) is 7.11 Å². The Labute approximate surface area is 107 Å². The average Bonchev–Trinajstić information content (AvgIpc) is 2.55. The maximum absolute atomic E-state index is 5.51. The predicted molar refractivity (Wildman–Crippen MR) is 72.2 cm³/mol. The maximum Gasteiger partial charge on any atom is 0.0586 e. The number of hydrogen-bond donors (Lipinski definition) is 1. The lowest BCUT2D eigenvalue weighted by atomic mass is 9.91. The largest absolute Gasteiger partial charge is 0.381 e. The lowest BCUT2D eigenvalue weighted by Gasteiger charge is -2.32. The second-order valence-corrected chi connectivity index (χ2v) is 6.20. The van der Waals surface area contributed by atoms with Gasteiger partial charge < -0.3 is 10.1 Å². The molecular weight excluding hydrogens is 210 g/mol.